The molecule has 1 aliphatic rings. The van der Waals surface area contributed by atoms with Gasteiger partial charge in [-0.15, -0.1) is 0 Å². The van der Waals surface area contributed by atoms with Gasteiger partial charge in [-0.3, -0.25) is 4.79 Å². The van der Waals surface area contributed by atoms with E-state index in [-0.39, 0.29) is 0 Å². The molecule has 18 heavy (non-hydrogen) atoms. The number of carbonyl (C=O) groups is 1. The molecule has 0 heterocycles. The van der Waals surface area contributed by atoms with Gasteiger partial charge in [-0.2, -0.15) is 0 Å². The van der Waals surface area contributed by atoms with Gasteiger partial charge < -0.3 is 16.4 Å². The van der Waals surface area contributed by atoms with E-state index in [1.54, 1.807) is 6.92 Å². The zero-order chi connectivity index (χ0) is 13.8. The molecule has 4 N–H and O–H groups in total. The van der Waals surface area contributed by atoms with Crippen molar-refractivity contribution in [3.63, 3.8) is 0 Å². The Morgan fingerprint density at radius 2 is 2.00 bits per heavy atom. The Morgan fingerprint density at radius 3 is 2.56 bits per heavy atom. The summed E-state index contributed by atoms with van der Waals surface area (Å²) < 4.78 is 0. The Kier molecular flexibility index (Phi) is 5.60. The van der Waals surface area contributed by atoms with Crippen LogP contribution in [0.3, 0.4) is 0 Å². The minimum atomic E-state index is -0.862. The van der Waals surface area contributed by atoms with Crippen LogP contribution in [0.2, 0.25) is 0 Å². The summed E-state index contributed by atoms with van der Waals surface area (Å²) in [4.78, 5) is 13.6. The number of nitrogens with zero attached hydrogens (tertiary/aromatic N) is 1. The van der Waals surface area contributed by atoms with Crippen molar-refractivity contribution in [2.24, 2.45) is 17.4 Å². The number of primary amides is 1. The van der Waals surface area contributed by atoms with Crippen LogP contribution in [0.4, 0.5) is 0 Å². The van der Waals surface area contributed by atoms with Crippen molar-refractivity contribution in [1.29, 1.82) is 0 Å². The molecule has 0 aromatic carbocycles. The Balaban J connectivity index is 2.32. The molecule has 1 rings (SSSR count). The molecule has 1 aliphatic carbocycles. The monoisotopic (exact) mass is 255 g/mol. The van der Waals surface area contributed by atoms with Crippen LogP contribution in [-0.2, 0) is 4.79 Å². The van der Waals surface area contributed by atoms with Gasteiger partial charge in [0.05, 0.1) is 5.54 Å². The number of rotatable bonds is 6. The van der Waals surface area contributed by atoms with E-state index in [2.05, 4.69) is 18.9 Å². The fourth-order valence-corrected chi connectivity index (χ4v) is 2.94. The van der Waals surface area contributed by atoms with E-state index < -0.39 is 11.4 Å². The maximum Gasteiger partial charge on any atom is 0.237 e. The number of hydrogen-bond donors (Lipinski definition) is 2. The Hall–Kier alpha value is -0.610. The van der Waals surface area contributed by atoms with Crippen molar-refractivity contribution in [3.8, 4) is 0 Å². The largest absolute Gasteiger partial charge is 0.368 e. The molecular weight excluding hydrogens is 226 g/mol. The van der Waals surface area contributed by atoms with Gasteiger partial charge in [-0.25, -0.2) is 0 Å². The maximum absolute atomic E-state index is 11.1. The van der Waals surface area contributed by atoms with Crippen molar-refractivity contribution in [1.82, 2.24) is 4.90 Å². The van der Waals surface area contributed by atoms with Gasteiger partial charge in [0.15, 0.2) is 0 Å². The molecule has 3 unspecified atom stereocenters. The highest BCUT2D eigenvalue weighted by molar-refractivity contribution is 5.83. The number of nitrogens with two attached hydrogens (primary N) is 2. The van der Waals surface area contributed by atoms with Crippen LogP contribution in [-0.4, -0.2) is 36.0 Å². The lowest BCUT2D eigenvalue weighted by Crippen LogP contribution is -2.49. The highest BCUT2D eigenvalue weighted by Crippen LogP contribution is 2.27. The smallest absolute Gasteiger partial charge is 0.237 e. The summed E-state index contributed by atoms with van der Waals surface area (Å²) in [6.07, 6.45) is 6.94. The van der Waals surface area contributed by atoms with Crippen LogP contribution in [0.1, 0.15) is 52.4 Å². The van der Waals surface area contributed by atoms with Gasteiger partial charge in [0.2, 0.25) is 5.91 Å². The van der Waals surface area contributed by atoms with Gasteiger partial charge in [-0.1, -0.05) is 19.8 Å². The van der Waals surface area contributed by atoms with Crippen LogP contribution in [0.25, 0.3) is 0 Å². The number of carbonyl (C=O) groups excluding carboxylic acids is 1. The van der Waals surface area contributed by atoms with Crippen LogP contribution in [0.15, 0.2) is 0 Å². The van der Waals surface area contributed by atoms with E-state index in [4.69, 9.17) is 11.5 Å². The molecular formula is C14H29N3O. The molecule has 106 valence electrons. The summed E-state index contributed by atoms with van der Waals surface area (Å²) in [5.74, 6) is 0.375. The first-order valence-electron chi connectivity index (χ1n) is 7.13. The first-order chi connectivity index (χ1) is 8.34. The standard InChI is InChI=1S/C14H29N3O/c1-11-7-4-5-8-12(11)17(3)10-6-9-14(2,16)13(15)18/h11-12H,4-10,16H2,1-3H3,(H2,15,18). The third-order valence-corrected chi connectivity index (χ3v) is 4.40. The minimum absolute atomic E-state index is 0.406. The van der Waals surface area contributed by atoms with E-state index in [1.807, 2.05) is 0 Å². The summed E-state index contributed by atoms with van der Waals surface area (Å²) in [5.41, 5.74) is 10.3. The highest BCUT2D eigenvalue weighted by Gasteiger charge is 2.27. The van der Waals surface area contributed by atoms with E-state index in [0.29, 0.717) is 12.5 Å². The normalized spacial score (nSPS) is 28.1. The predicted octanol–water partition coefficient (Wildman–Crippen LogP) is 1.48. The third-order valence-electron chi connectivity index (χ3n) is 4.40. The summed E-state index contributed by atoms with van der Waals surface area (Å²) in [6, 6.07) is 0.691. The van der Waals surface area contributed by atoms with Gasteiger partial charge in [0.1, 0.15) is 0 Å². The molecule has 3 atom stereocenters. The van der Waals surface area contributed by atoms with Crippen molar-refractivity contribution < 1.29 is 4.79 Å². The van der Waals surface area contributed by atoms with Crippen molar-refractivity contribution >= 4 is 5.91 Å². The third kappa shape index (κ3) is 4.25. The lowest BCUT2D eigenvalue weighted by atomic mass is 9.85. The molecule has 1 saturated carbocycles. The SMILES string of the molecule is CC1CCCCC1N(C)CCCC(C)(N)C(N)=O. The maximum atomic E-state index is 11.1. The Bertz CT molecular complexity index is 278. The Morgan fingerprint density at radius 1 is 1.39 bits per heavy atom. The fraction of sp³-hybridized carbons (Fsp3) is 0.929. The molecule has 0 saturated heterocycles. The topological polar surface area (TPSA) is 72.3 Å². The molecule has 1 amide bonds. The molecule has 0 spiro atoms. The van der Waals surface area contributed by atoms with Crippen LogP contribution in [0, 0.1) is 5.92 Å². The number of amides is 1. The highest BCUT2D eigenvalue weighted by atomic mass is 16.1. The second-order valence-corrected chi connectivity index (χ2v) is 6.19. The van der Waals surface area contributed by atoms with Crippen LogP contribution < -0.4 is 11.5 Å². The number of hydrogen-bond acceptors (Lipinski definition) is 3. The second kappa shape index (κ2) is 6.53. The summed E-state index contributed by atoms with van der Waals surface area (Å²) >= 11 is 0. The minimum Gasteiger partial charge on any atom is -0.368 e. The first kappa shape index (κ1) is 15.4. The van der Waals surface area contributed by atoms with Gasteiger partial charge in [0, 0.05) is 6.04 Å². The average molecular weight is 255 g/mol. The molecule has 4 heteroatoms. The zero-order valence-corrected chi connectivity index (χ0v) is 12.1. The molecule has 0 radical (unpaired) electrons. The first-order valence-corrected chi connectivity index (χ1v) is 7.13. The van der Waals surface area contributed by atoms with Crippen LogP contribution in [0.5, 0.6) is 0 Å². The Labute approximate surface area is 111 Å². The zero-order valence-electron chi connectivity index (χ0n) is 12.1. The second-order valence-electron chi connectivity index (χ2n) is 6.19. The van der Waals surface area contributed by atoms with E-state index in [9.17, 15) is 4.79 Å². The van der Waals surface area contributed by atoms with E-state index >= 15 is 0 Å². The quantitative estimate of drug-likeness (QED) is 0.755. The van der Waals surface area contributed by atoms with E-state index in [1.165, 1.54) is 25.7 Å². The average Bonchev–Trinajstić information content (AvgIpc) is 2.29. The summed E-state index contributed by atoms with van der Waals surface area (Å²) in [7, 11) is 2.19. The molecule has 0 aromatic heterocycles. The molecule has 0 aromatic rings. The molecule has 4 nitrogen and oxygen atoms in total. The summed E-state index contributed by atoms with van der Waals surface area (Å²) in [5, 5.41) is 0. The van der Waals surface area contributed by atoms with Gasteiger partial charge in [0.25, 0.3) is 0 Å². The molecule has 0 bridgehead atoms. The van der Waals surface area contributed by atoms with Crippen molar-refractivity contribution in [2.75, 3.05) is 13.6 Å². The molecule has 0 aliphatic heterocycles. The van der Waals surface area contributed by atoms with Crippen LogP contribution >= 0.6 is 0 Å². The van der Waals surface area contributed by atoms with Gasteiger partial charge in [-0.05, 0) is 52.1 Å². The summed E-state index contributed by atoms with van der Waals surface area (Å²) in [6.45, 7) is 5.06. The van der Waals surface area contributed by atoms with Crippen molar-refractivity contribution in [2.45, 2.75) is 64.0 Å². The van der Waals surface area contributed by atoms with Gasteiger partial charge >= 0.3 is 0 Å². The predicted molar refractivity (Wildman–Crippen MR) is 75.1 cm³/mol. The fourth-order valence-electron chi connectivity index (χ4n) is 2.94. The lowest BCUT2D eigenvalue weighted by molar-refractivity contribution is -0.122. The molecule has 1 fully saturated rings. The lowest BCUT2D eigenvalue weighted by Gasteiger charge is -2.36. The van der Waals surface area contributed by atoms with E-state index in [0.717, 1.165) is 18.9 Å². The van der Waals surface area contributed by atoms with Crippen molar-refractivity contribution in [3.05, 3.63) is 0 Å².